The lowest BCUT2D eigenvalue weighted by molar-refractivity contribution is -0.137. The molecule has 1 heterocycles. The Morgan fingerprint density at radius 1 is 0.860 bits per heavy atom. The van der Waals surface area contributed by atoms with E-state index in [0.717, 1.165) is 24.3 Å². The summed E-state index contributed by atoms with van der Waals surface area (Å²) in [6.45, 7) is -0.528. The maximum absolute atomic E-state index is 13.5. The number of ether oxygens (including phenoxy) is 2. The van der Waals surface area contributed by atoms with Crippen LogP contribution in [0.15, 0.2) is 78.9 Å². The number of amides is 2. The van der Waals surface area contributed by atoms with Gasteiger partial charge in [0, 0.05) is 34.6 Å². The van der Waals surface area contributed by atoms with Crippen LogP contribution in [0.4, 0.5) is 33.3 Å². The van der Waals surface area contributed by atoms with Crippen molar-refractivity contribution < 1.29 is 41.0 Å². The van der Waals surface area contributed by atoms with E-state index >= 15 is 0 Å². The van der Waals surface area contributed by atoms with Gasteiger partial charge in [0.25, 0.3) is 11.8 Å². The summed E-state index contributed by atoms with van der Waals surface area (Å²) in [7, 11) is 1.34. The monoisotopic (exact) mass is 596 g/mol. The smallest absolute Gasteiger partial charge is 0.416 e. The highest BCUT2D eigenvalue weighted by molar-refractivity contribution is 6.04. The first kappa shape index (κ1) is 29.0. The van der Waals surface area contributed by atoms with Gasteiger partial charge in [0.15, 0.2) is 29.7 Å². The lowest BCUT2D eigenvalue weighted by atomic mass is 10.1. The van der Waals surface area contributed by atoms with E-state index in [1.807, 2.05) is 0 Å². The SMILES string of the molecule is COc1cc(C(=O)Nc2ccc(-c3nc4cc(F)c(F)cc4[nH]3)cc2)ccc1OCC(=O)Nc1cccc(C(F)(F)F)c1. The minimum absolute atomic E-state index is 0.0428. The number of aromatic nitrogens is 2. The molecule has 220 valence electrons. The van der Waals surface area contributed by atoms with Crippen LogP contribution in [-0.2, 0) is 11.0 Å². The third-order valence-electron chi connectivity index (χ3n) is 6.20. The summed E-state index contributed by atoms with van der Waals surface area (Å²) in [6.07, 6.45) is -4.55. The number of halogens is 5. The summed E-state index contributed by atoms with van der Waals surface area (Å²) in [6, 6.07) is 17.1. The van der Waals surface area contributed by atoms with Crippen molar-refractivity contribution in [1.82, 2.24) is 9.97 Å². The van der Waals surface area contributed by atoms with E-state index in [0.29, 0.717) is 22.6 Å². The van der Waals surface area contributed by atoms with E-state index in [2.05, 4.69) is 20.6 Å². The lowest BCUT2D eigenvalue weighted by Gasteiger charge is -2.13. The molecule has 0 saturated carbocycles. The summed E-state index contributed by atoms with van der Waals surface area (Å²) < 4.78 is 76.4. The van der Waals surface area contributed by atoms with Crippen molar-refractivity contribution >= 4 is 34.2 Å². The number of carbonyl (C=O) groups is 2. The Hall–Kier alpha value is -5.46. The van der Waals surface area contributed by atoms with Crippen LogP contribution in [0.1, 0.15) is 15.9 Å². The normalized spacial score (nSPS) is 11.3. The maximum atomic E-state index is 13.5. The maximum Gasteiger partial charge on any atom is 0.416 e. The van der Waals surface area contributed by atoms with E-state index in [1.54, 1.807) is 24.3 Å². The quantitative estimate of drug-likeness (QED) is 0.171. The number of hydrogen-bond acceptors (Lipinski definition) is 5. The molecule has 13 heteroatoms. The zero-order valence-electron chi connectivity index (χ0n) is 22.2. The van der Waals surface area contributed by atoms with Crippen LogP contribution in [0, 0.1) is 11.6 Å². The fraction of sp³-hybridized carbons (Fsp3) is 0.100. The lowest BCUT2D eigenvalue weighted by Crippen LogP contribution is -2.20. The van der Waals surface area contributed by atoms with Gasteiger partial charge in [-0.25, -0.2) is 13.8 Å². The molecule has 2 amide bonds. The van der Waals surface area contributed by atoms with Crippen LogP contribution in [0.25, 0.3) is 22.4 Å². The Labute approximate surface area is 240 Å². The number of benzene rings is 4. The summed E-state index contributed by atoms with van der Waals surface area (Å²) in [4.78, 5) is 32.3. The minimum atomic E-state index is -4.55. The van der Waals surface area contributed by atoms with Crippen molar-refractivity contribution in [1.29, 1.82) is 0 Å². The van der Waals surface area contributed by atoms with Gasteiger partial charge in [0.05, 0.1) is 23.7 Å². The van der Waals surface area contributed by atoms with Gasteiger partial charge < -0.3 is 25.1 Å². The zero-order chi connectivity index (χ0) is 30.7. The molecule has 8 nitrogen and oxygen atoms in total. The molecular weight excluding hydrogens is 575 g/mol. The number of carbonyl (C=O) groups excluding carboxylic acids is 2. The molecule has 0 aliphatic rings. The van der Waals surface area contributed by atoms with Crippen LogP contribution in [0.2, 0.25) is 0 Å². The Balaban J connectivity index is 1.20. The van der Waals surface area contributed by atoms with E-state index < -0.39 is 41.8 Å². The number of alkyl halides is 3. The van der Waals surface area contributed by atoms with E-state index in [1.165, 1.54) is 37.4 Å². The number of H-pyrrole nitrogens is 1. The number of rotatable bonds is 8. The second-order valence-electron chi connectivity index (χ2n) is 9.18. The van der Waals surface area contributed by atoms with E-state index in [-0.39, 0.29) is 28.3 Å². The highest BCUT2D eigenvalue weighted by Crippen LogP contribution is 2.31. The number of methoxy groups -OCH3 is 1. The first-order valence-electron chi connectivity index (χ1n) is 12.5. The van der Waals surface area contributed by atoms with Gasteiger partial charge in [-0.2, -0.15) is 13.2 Å². The number of nitrogens with zero attached hydrogens (tertiary/aromatic N) is 1. The largest absolute Gasteiger partial charge is 0.493 e. The molecule has 0 spiro atoms. The number of aromatic amines is 1. The first-order valence-corrected chi connectivity index (χ1v) is 12.5. The average molecular weight is 597 g/mol. The summed E-state index contributed by atoms with van der Waals surface area (Å²) >= 11 is 0. The molecule has 0 bridgehead atoms. The molecule has 0 aliphatic heterocycles. The zero-order valence-corrected chi connectivity index (χ0v) is 22.2. The molecule has 0 fully saturated rings. The molecule has 0 radical (unpaired) electrons. The number of imidazole rings is 1. The Morgan fingerprint density at radius 2 is 1.60 bits per heavy atom. The molecule has 0 atom stereocenters. The third-order valence-corrected chi connectivity index (χ3v) is 6.20. The first-order chi connectivity index (χ1) is 20.5. The third kappa shape index (κ3) is 6.72. The molecule has 0 unspecified atom stereocenters. The van der Waals surface area contributed by atoms with Crippen molar-refractivity contribution in [2.75, 3.05) is 24.4 Å². The van der Waals surface area contributed by atoms with Crippen molar-refractivity contribution in [3.05, 3.63) is 102 Å². The van der Waals surface area contributed by atoms with Crippen molar-refractivity contribution in [2.45, 2.75) is 6.18 Å². The van der Waals surface area contributed by atoms with Crippen molar-refractivity contribution in [2.24, 2.45) is 0 Å². The number of fused-ring (bicyclic) bond motifs is 1. The minimum Gasteiger partial charge on any atom is -0.493 e. The Bertz CT molecular complexity index is 1780. The second-order valence-corrected chi connectivity index (χ2v) is 9.18. The van der Waals surface area contributed by atoms with Crippen LogP contribution in [0.5, 0.6) is 11.5 Å². The topological polar surface area (TPSA) is 105 Å². The second kappa shape index (κ2) is 11.8. The van der Waals surface area contributed by atoms with Crippen LogP contribution >= 0.6 is 0 Å². The van der Waals surface area contributed by atoms with Crippen LogP contribution in [-0.4, -0.2) is 35.5 Å². The highest BCUT2D eigenvalue weighted by Gasteiger charge is 2.30. The van der Waals surface area contributed by atoms with Gasteiger partial charge in [0.2, 0.25) is 0 Å². The summed E-state index contributed by atoms with van der Waals surface area (Å²) in [5, 5.41) is 5.07. The van der Waals surface area contributed by atoms with E-state index in [4.69, 9.17) is 9.47 Å². The summed E-state index contributed by atoms with van der Waals surface area (Å²) in [5.74, 6) is -2.50. The van der Waals surface area contributed by atoms with Gasteiger partial charge in [-0.15, -0.1) is 0 Å². The van der Waals surface area contributed by atoms with Crippen LogP contribution < -0.4 is 20.1 Å². The predicted molar refractivity (Wildman–Crippen MR) is 148 cm³/mol. The molecule has 0 saturated heterocycles. The predicted octanol–water partition coefficient (Wildman–Crippen LogP) is 6.81. The molecule has 0 aliphatic carbocycles. The molecule has 5 rings (SSSR count). The molecule has 3 N–H and O–H groups in total. The van der Waals surface area contributed by atoms with Crippen LogP contribution in [0.3, 0.4) is 0 Å². The fourth-order valence-corrected chi connectivity index (χ4v) is 4.10. The molecule has 1 aromatic heterocycles. The number of anilines is 2. The fourth-order valence-electron chi connectivity index (χ4n) is 4.10. The highest BCUT2D eigenvalue weighted by atomic mass is 19.4. The molecule has 43 heavy (non-hydrogen) atoms. The average Bonchev–Trinajstić information content (AvgIpc) is 3.38. The van der Waals surface area contributed by atoms with Gasteiger partial charge in [0.1, 0.15) is 5.82 Å². The molecular formula is C30H21F5N4O4. The standard InChI is InChI=1S/C30H21F5N4O4/c1-42-26-11-17(7-10-25(26)43-15-27(40)36-20-4-2-3-18(12-20)30(33,34)35)29(41)37-19-8-5-16(6-9-19)28-38-23-13-21(31)22(32)14-24(23)39-28/h2-14H,15H2,1H3,(H,36,40)(H,37,41)(H,38,39). The van der Waals surface area contributed by atoms with Gasteiger partial charge >= 0.3 is 6.18 Å². The molecule has 4 aromatic carbocycles. The van der Waals surface area contributed by atoms with Gasteiger partial charge in [-0.1, -0.05) is 6.07 Å². The Kier molecular flexibility index (Phi) is 7.97. The summed E-state index contributed by atoms with van der Waals surface area (Å²) in [5.41, 5.74) is 0.942. The molecule has 5 aromatic rings. The van der Waals surface area contributed by atoms with E-state index in [9.17, 15) is 31.5 Å². The number of hydrogen-bond donors (Lipinski definition) is 3. The van der Waals surface area contributed by atoms with Crippen molar-refractivity contribution in [3.63, 3.8) is 0 Å². The number of nitrogens with one attached hydrogen (secondary N) is 3. The van der Waals surface area contributed by atoms with Gasteiger partial charge in [-0.3, -0.25) is 9.59 Å². The van der Waals surface area contributed by atoms with Gasteiger partial charge in [-0.05, 0) is 60.7 Å². The van der Waals surface area contributed by atoms with Crippen molar-refractivity contribution in [3.8, 4) is 22.9 Å². The Morgan fingerprint density at radius 3 is 2.33 bits per heavy atom.